The highest BCUT2D eigenvalue weighted by Crippen LogP contribution is 2.22. The van der Waals surface area contributed by atoms with E-state index >= 15 is 0 Å². The van der Waals surface area contributed by atoms with Crippen molar-refractivity contribution in [2.45, 2.75) is 17.9 Å². The van der Waals surface area contributed by atoms with Gasteiger partial charge >= 0.3 is 0 Å². The lowest BCUT2D eigenvalue weighted by atomic mass is 10.1. The summed E-state index contributed by atoms with van der Waals surface area (Å²) in [6, 6.07) is 19.6. The van der Waals surface area contributed by atoms with Crippen LogP contribution in [0.1, 0.15) is 18.5 Å². The zero-order valence-electron chi connectivity index (χ0n) is 12.5. The molecule has 3 aromatic rings. The summed E-state index contributed by atoms with van der Waals surface area (Å²) in [7, 11) is -3.61. The molecule has 1 atom stereocenters. The number of benzene rings is 3. The molecule has 0 saturated carbocycles. The molecule has 0 fully saturated rings. The number of sulfonamides is 1. The molecular weight excluding hydrogens is 330 g/mol. The van der Waals surface area contributed by atoms with Crippen LogP contribution < -0.4 is 4.72 Å². The van der Waals surface area contributed by atoms with Gasteiger partial charge in [-0.25, -0.2) is 13.1 Å². The van der Waals surface area contributed by atoms with E-state index in [9.17, 15) is 8.42 Å². The number of halogens is 1. The van der Waals surface area contributed by atoms with Gasteiger partial charge in [0.2, 0.25) is 10.0 Å². The third-order valence-electron chi connectivity index (χ3n) is 3.71. The second-order valence-electron chi connectivity index (χ2n) is 5.41. The number of hydrogen-bond acceptors (Lipinski definition) is 2. The lowest BCUT2D eigenvalue weighted by molar-refractivity contribution is 0.567. The van der Waals surface area contributed by atoms with E-state index in [2.05, 4.69) is 4.72 Å². The van der Waals surface area contributed by atoms with Gasteiger partial charge in [-0.05, 0) is 47.5 Å². The quantitative estimate of drug-likeness (QED) is 0.755. The molecule has 5 heteroatoms. The molecule has 0 aliphatic carbocycles. The van der Waals surface area contributed by atoms with Crippen LogP contribution in [-0.2, 0) is 10.0 Å². The van der Waals surface area contributed by atoms with Crippen molar-refractivity contribution in [2.24, 2.45) is 0 Å². The van der Waals surface area contributed by atoms with Gasteiger partial charge in [-0.2, -0.15) is 0 Å². The summed E-state index contributed by atoms with van der Waals surface area (Å²) in [5, 5.41) is 2.49. The Hall–Kier alpha value is -1.88. The molecule has 3 aromatic carbocycles. The molecule has 0 spiro atoms. The first-order valence-electron chi connectivity index (χ1n) is 7.22. The molecule has 0 aromatic heterocycles. The Bertz CT molecular complexity index is 954. The Morgan fingerprint density at radius 2 is 1.65 bits per heavy atom. The van der Waals surface area contributed by atoms with Gasteiger partial charge < -0.3 is 0 Å². The first kappa shape index (κ1) is 16.0. The molecule has 0 radical (unpaired) electrons. The van der Waals surface area contributed by atoms with Crippen LogP contribution in [0.3, 0.4) is 0 Å². The predicted octanol–water partition coefficient (Wildman–Crippen LogP) is 4.53. The molecule has 0 amide bonds. The first-order chi connectivity index (χ1) is 11.0. The van der Waals surface area contributed by atoms with Crippen molar-refractivity contribution in [3.05, 3.63) is 77.3 Å². The average molecular weight is 346 g/mol. The first-order valence-corrected chi connectivity index (χ1v) is 9.08. The zero-order chi connectivity index (χ0) is 16.4. The van der Waals surface area contributed by atoms with Crippen LogP contribution in [0.25, 0.3) is 10.8 Å². The smallest absolute Gasteiger partial charge is 0.207 e. The van der Waals surface area contributed by atoms with Crippen molar-refractivity contribution in [3.63, 3.8) is 0 Å². The summed E-state index contributed by atoms with van der Waals surface area (Å²) in [4.78, 5) is 0.255. The Morgan fingerprint density at radius 3 is 2.39 bits per heavy atom. The van der Waals surface area contributed by atoms with Crippen LogP contribution in [0.5, 0.6) is 0 Å². The second-order valence-corrected chi connectivity index (χ2v) is 7.56. The average Bonchev–Trinajstić information content (AvgIpc) is 2.54. The fourth-order valence-electron chi connectivity index (χ4n) is 2.48. The van der Waals surface area contributed by atoms with Crippen LogP contribution in [-0.4, -0.2) is 8.42 Å². The maximum absolute atomic E-state index is 12.6. The van der Waals surface area contributed by atoms with Crippen LogP contribution in [0, 0.1) is 0 Å². The van der Waals surface area contributed by atoms with E-state index in [0.717, 1.165) is 16.3 Å². The van der Waals surface area contributed by atoms with Gasteiger partial charge in [0, 0.05) is 11.1 Å². The minimum Gasteiger partial charge on any atom is -0.207 e. The highest BCUT2D eigenvalue weighted by molar-refractivity contribution is 7.89. The summed E-state index contributed by atoms with van der Waals surface area (Å²) < 4.78 is 27.9. The van der Waals surface area contributed by atoms with Crippen LogP contribution in [0.2, 0.25) is 5.02 Å². The molecule has 118 valence electrons. The lowest BCUT2D eigenvalue weighted by Gasteiger charge is -2.15. The van der Waals surface area contributed by atoms with E-state index in [1.165, 1.54) is 0 Å². The second kappa shape index (κ2) is 6.32. The molecule has 3 nitrogen and oxygen atoms in total. The molecule has 0 unspecified atom stereocenters. The summed E-state index contributed by atoms with van der Waals surface area (Å²) in [6.45, 7) is 1.80. The standard InChI is InChI=1S/C18H16ClNO2S/c1-13(15-7-4-8-17(19)11-15)20-23(21,22)18-10-9-14-5-2-3-6-16(14)12-18/h2-13,20H,1H3/t13-/m1/s1. The number of hydrogen-bond donors (Lipinski definition) is 1. The van der Waals surface area contributed by atoms with Gasteiger partial charge in [-0.3, -0.25) is 0 Å². The third-order valence-corrected chi connectivity index (χ3v) is 5.49. The van der Waals surface area contributed by atoms with Gasteiger partial charge in [0.25, 0.3) is 0 Å². The number of nitrogens with one attached hydrogen (secondary N) is 1. The topological polar surface area (TPSA) is 46.2 Å². The monoisotopic (exact) mass is 345 g/mol. The Labute approximate surface area is 141 Å². The fourth-order valence-corrected chi connectivity index (χ4v) is 3.94. The molecule has 0 saturated heterocycles. The molecule has 1 N–H and O–H groups in total. The Kier molecular flexibility index (Phi) is 4.39. The third kappa shape index (κ3) is 3.55. The van der Waals surface area contributed by atoms with E-state index in [4.69, 9.17) is 11.6 Å². The summed E-state index contributed by atoms with van der Waals surface area (Å²) in [6.07, 6.45) is 0. The summed E-state index contributed by atoms with van der Waals surface area (Å²) >= 11 is 5.97. The van der Waals surface area contributed by atoms with Gasteiger partial charge in [0.1, 0.15) is 0 Å². The fraction of sp³-hybridized carbons (Fsp3) is 0.111. The normalized spacial score (nSPS) is 13.1. The number of rotatable bonds is 4. The van der Waals surface area contributed by atoms with E-state index < -0.39 is 10.0 Å². The van der Waals surface area contributed by atoms with Gasteiger partial charge in [0.05, 0.1) is 4.90 Å². The molecule has 3 rings (SSSR count). The highest BCUT2D eigenvalue weighted by Gasteiger charge is 2.18. The highest BCUT2D eigenvalue weighted by atomic mass is 35.5. The Morgan fingerprint density at radius 1 is 0.913 bits per heavy atom. The van der Waals surface area contributed by atoms with Crippen molar-refractivity contribution in [1.29, 1.82) is 0 Å². The van der Waals surface area contributed by atoms with Crippen molar-refractivity contribution < 1.29 is 8.42 Å². The molecule has 23 heavy (non-hydrogen) atoms. The van der Waals surface area contributed by atoms with E-state index in [1.54, 1.807) is 37.3 Å². The van der Waals surface area contributed by atoms with Gasteiger partial charge in [-0.1, -0.05) is 54.1 Å². The minimum atomic E-state index is -3.61. The maximum Gasteiger partial charge on any atom is 0.241 e. The van der Waals surface area contributed by atoms with Crippen molar-refractivity contribution in [2.75, 3.05) is 0 Å². The molecule has 0 aliphatic heterocycles. The molecular formula is C18H16ClNO2S. The van der Waals surface area contributed by atoms with Gasteiger partial charge in [0.15, 0.2) is 0 Å². The van der Waals surface area contributed by atoms with Crippen molar-refractivity contribution in [3.8, 4) is 0 Å². The van der Waals surface area contributed by atoms with Crippen LogP contribution >= 0.6 is 11.6 Å². The van der Waals surface area contributed by atoms with E-state index in [-0.39, 0.29) is 10.9 Å². The van der Waals surface area contributed by atoms with Crippen molar-refractivity contribution >= 4 is 32.4 Å². The van der Waals surface area contributed by atoms with Crippen LogP contribution in [0.4, 0.5) is 0 Å². The van der Waals surface area contributed by atoms with E-state index in [1.807, 2.05) is 36.4 Å². The molecule has 0 bridgehead atoms. The minimum absolute atomic E-state index is 0.255. The predicted molar refractivity (Wildman–Crippen MR) is 94.1 cm³/mol. The number of fused-ring (bicyclic) bond motifs is 1. The SMILES string of the molecule is C[C@@H](NS(=O)(=O)c1ccc2ccccc2c1)c1cccc(Cl)c1. The lowest BCUT2D eigenvalue weighted by Crippen LogP contribution is -2.26. The Balaban J connectivity index is 1.90. The zero-order valence-corrected chi connectivity index (χ0v) is 14.1. The molecule has 0 aliphatic rings. The summed E-state index contributed by atoms with van der Waals surface area (Å²) in [5.41, 5.74) is 0.821. The molecule has 0 heterocycles. The van der Waals surface area contributed by atoms with Crippen molar-refractivity contribution in [1.82, 2.24) is 4.72 Å². The maximum atomic E-state index is 12.6. The van der Waals surface area contributed by atoms with Crippen LogP contribution in [0.15, 0.2) is 71.6 Å². The largest absolute Gasteiger partial charge is 0.241 e. The summed E-state index contributed by atoms with van der Waals surface area (Å²) in [5.74, 6) is 0. The van der Waals surface area contributed by atoms with Gasteiger partial charge in [-0.15, -0.1) is 0 Å². The van der Waals surface area contributed by atoms with E-state index in [0.29, 0.717) is 5.02 Å².